The molecule has 150 valence electrons. The van der Waals surface area contributed by atoms with E-state index >= 15 is 0 Å². The Hall–Kier alpha value is -1.32. The lowest BCUT2D eigenvalue weighted by Crippen LogP contribution is -2.45. The Morgan fingerprint density at radius 1 is 1.04 bits per heavy atom. The second-order valence-electron chi connectivity index (χ2n) is 9.50. The molecule has 0 saturated heterocycles. The highest BCUT2D eigenvalue weighted by Crippen LogP contribution is 2.67. The monoisotopic (exact) mass is 374 g/mol. The van der Waals surface area contributed by atoms with Gasteiger partial charge < -0.3 is 9.47 Å². The molecule has 8 atom stereocenters. The third-order valence-corrected chi connectivity index (χ3v) is 7.79. The fraction of sp³-hybridized carbons (Fsp3) is 0.826. The van der Waals surface area contributed by atoms with Crippen LogP contribution >= 0.6 is 0 Å². The first-order valence-corrected chi connectivity index (χ1v) is 11.1. The van der Waals surface area contributed by atoms with Gasteiger partial charge in [0.25, 0.3) is 0 Å². The lowest BCUT2D eigenvalue weighted by atomic mass is 9.69. The molecule has 4 aliphatic rings. The predicted molar refractivity (Wildman–Crippen MR) is 103 cm³/mol. The normalized spacial score (nSPS) is 40.0. The Morgan fingerprint density at radius 3 is 2.48 bits per heavy atom. The highest BCUT2D eigenvalue weighted by molar-refractivity contribution is 5.84. The summed E-state index contributed by atoms with van der Waals surface area (Å²) in [7, 11) is 0. The molecule has 0 radical (unpaired) electrons. The van der Waals surface area contributed by atoms with Crippen molar-refractivity contribution in [3.05, 3.63) is 12.2 Å². The minimum absolute atomic E-state index is 0.0244. The summed E-state index contributed by atoms with van der Waals surface area (Å²) in [5.74, 6) is 3.47. The molecule has 4 bridgehead atoms. The van der Waals surface area contributed by atoms with E-state index in [4.69, 9.17) is 9.47 Å². The molecular formula is C23H34O4. The van der Waals surface area contributed by atoms with Gasteiger partial charge >= 0.3 is 11.9 Å². The summed E-state index contributed by atoms with van der Waals surface area (Å²) in [5, 5.41) is 0. The van der Waals surface area contributed by atoms with E-state index in [1.807, 2.05) is 6.92 Å². The summed E-state index contributed by atoms with van der Waals surface area (Å²) in [5.41, 5.74) is -1.14. The molecule has 0 N–H and O–H groups in total. The van der Waals surface area contributed by atoms with E-state index in [0.29, 0.717) is 36.7 Å². The molecule has 4 rings (SSSR count). The van der Waals surface area contributed by atoms with Crippen molar-refractivity contribution in [2.75, 3.05) is 6.61 Å². The van der Waals surface area contributed by atoms with Crippen molar-refractivity contribution in [2.45, 2.75) is 71.3 Å². The van der Waals surface area contributed by atoms with Gasteiger partial charge in [0.15, 0.2) is 0 Å². The second kappa shape index (κ2) is 7.25. The Kier molecular flexibility index (Phi) is 5.11. The van der Waals surface area contributed by atoms with Crippen molar-refractivity contribution in [3.8, 4) is 0 Å². The Labute approximate surface area is 163 Å². The van der Waals surface area contributed by atoms with Gasteiger partial charge in [-0.3, -0.25) is 4.79 Å². The molecule has 3 saturated carbocycles. The van der Waals surface area contributed by atoms with Crippen molar-refractivity contribution < 1.29 is 19.1 Å². The molecule has 4 aliphatic carbocycles. The van der Waals surface area contributed by atoms with Crippen LogP contribution in [0.3, 0.4) is 0 Å². The van der Waals surface area contributed by atoms with Gasteiger partial charge in [0.05, 0.1) is 12.5 Å². The summed E-state index contributed by atoms with van der Waals surface area (Å²) in [6.07, 6.45) is 11.3. The van der Waals surface area contributed by atoms with Crippen LogP contribution in [0.25, 0.3) is 0 Å². The number of carbonyl (C=O) groups is 2. The number of fused-ring (bicyclic) bond motifs is 9. The maximum atomic E-state index is 13.1. The van der Waals surface area contributed by atoms with Crippen LogP contribution in [0, 0.1) is 41.4 Å². The van der Waals surface area contributed by atoms with E-state index in [1.165, 1.54) is 12.8 Å². The largest absolute Gasteiger partial charge is 0.463 e. The van der Waals surface area contributed by atoms with Gasteiger partial charge in [-0.1, -0.05) is 38.8 Å². The fourth-order valence-corrected chi connectivity index (χ4v) is 6.72. The predicted octanol–water partition coefficient (Wildman–Crippen LogP) is 4.53. The van der Waals surface area contributed by atoms with Gasteiger partial charge in [-0.2, -0.15) is 0 Å². The minimum atomic E-state index is -1.14. The van der Waals surface area contributed by atoms with Crippen molar-refractivity contribution in [3.63, 3.8) is 0 Å². The second-order valence-corrected chi connectivity index (χ2v) is 9.50. The van der Waals surface area contributed by atoms with Crippen molar-refractivity contribution >= 4 is 11.9 Å². The molecule has 0 amide bonds. The van der Waals surface area contributed by atoms with Crippen LogP contribution in [0.5, 0.6) is 0 Å². The molecule has 0 aromatic heterocycles. The van der Waals surface area contributed by atoms with Gasteiger partial charge in [-0.25, -0.2) is 4.79 Å². The van der Waals surface area contributed by atoms with Crippen LogP contribution in [0.15, 0.2) is 12.2 Å². The van der Waals surface area contributed by atoms with Crippen LogP contribution in [0.4, 0.5) is 0 Å². The van der Waals surface area contributed by atoms with E-state index in [2.05, 4.69) is 19.1 Å². The molecule has 8 unspecified atom stereocenters. The van der Waals surface area contributed by atoms with Gasteiger partial charge in [-0.05, 0) is 74.5 Å². The van der Waals surface area contributed by atoms with Gasteiger partial charge in [0.1, 0.15) is 0 Å². The van der Waals surface area contributed by atoms with E-state index in [0.717, 1.165) is 37.5 Å². The van der Waals surface area contributed by atoms with Crippen LogP contribution in [0.2, 0.25) is 0 Å². The number of rotatable bonds is 8. The van der Waals surface area contributed by atoms with Crippen LogP contribution in [-0.2, 0) is 19.1 Å². The highest BCUT2D eigenvalue weighted by atomic mass is 16.6. The van der Waals surface area contributed by atoms with E-state index < -0.39 is 5.60 Å². The summed E-state index contributed by atoms with van der Waals surface area (Å²) in [6.45, 7) is 6.21. The van der Waals surface area contributed by atoms with Gasteiger partial charge in [-0.15, -0.1) is 0 Å². The number of allylic oxidation sites excluding steroid dienone is 2. The summed E-state index contributed by atoms with van der Waals surface area (Å²) in [4.78, 5) is 25.7. The SMILES string of the molecule is CCCCOC(=O)C(C)(CCC)OC(=O)C1CC2CC1C1C3C=CC(C3)C21. The molecule has 3 fully saturated rings. The molecule has 0 aromatic rings. The molecule has 0 aliphatic heterocycles. The Bertz CT molecular complexity index is 626. The first kappa shape index (κ1) is 19.0. The number of ether oxygens (including phenoxy) is 2. The zero-order chi connectivity index (χ0) is 19.2. The standard InChI is InChI=1S/C23H34O4/c1-4-6-10-26-22(25)23(3,9-5-2)27-21(24)18-13-16-12-17(18)20-15-8-7-14(11-15)19(16)20/h7-8,14-20H,4-6,9-13H2,1-3H3. The molecule has 27 heavy (non-hydrogen) atoms. The zero-order valence-electron chi connectivity index (χ0n) is 17.0. The van der Waals surface area contributed by atoms with E-state index in [9.17, 15) is 9.59 Å². The number of esters is 2. The quantitative estimate of drug-likeness (QED) is 0.271. The minimum Gasteiger partial charge on any atom is -0.463 e. The molecular weight excluding hydrogens is 340 g/mol. The lowest BCUT2D eigenvalue weighted by Gasteiger charge is -2.37. The summed E-state index contributed by atoms with van der Waals surface area (Å²) < 4.78 is 11.3. The Morgan fingerprint density at radius 2 is 1.78 bits per heavy atom. The molecule has 0 spiro atoms. The first-order chi connectivity index (χ1) is 13.0. The van der Waals surface area contributed by atoms with Crippen molar-refractivity contribution in [1.29, 1.82) is 0 Å². The number of carbonyl (C=O) groups excluding carboxylic acids is 2. The Balaban J connectivity index is 1.42. The van der Waals surface area contributed by atoms with Crippen LogP contribution < -0.4 is 0 Å². The third-order valence-electron chi connectivity index (χ3n) is 7.79. The summed E-state index contributed by atoms with van der Waals surface area (Å²) >= 11 is 0. The lowest BCUT2D eigenvalue weighted by molar-refractivity contribution is -0.186. The smallest absolute Gasteiger partial charge is 0.350 e. The molecule has 0 heterocycles. The van der Waals surface area contributed by atoms with E-state index in [-0.39, 0.29) is 17.9 Å². The van der Waals surface area contributed by atoms with Crippen molar-refractivity contribution in [1.82, 2.24) is 0 Å². The number of unbranched alkanes of at least 4 members (excludes halogenated alkanes) is 1. The third kappa shape index (κ3) is 3.13. The maximum absolute atomic E-state index is 13.1. The molecule has 0 aromatic carbocycles. The maximum Gasteiger partial charge on any atom is 0.350 e. The average molecular weight is 375 g/mol. The van der Waals surface area contributed by atoms with Crippen LogP contribution in [0.1, 0.15) is 65.7 Å². The average Bonchev–Trinajstić information content (AvgIpc) is 3.40. The summed E-state index contributed by atoms with van der Waals surface area (Å²) in [6, 6.07) is 0. The van der Waals surface area contributed by atoms with Gasteiger partial charge in [0, 0.05) is 0 Å². The fourth-order valence-electron chi connectivity index (χ4n) is 6.72. The van der Waals surface area contributed by atoms with E-state index in [1.54, 1.807) is 6.92 Å². The number of hydrogen-bond donors (Lipinski definition) is 0. The topological polar surface area (TPSA) is 52.6 Å². The molecule has 4 nitrogen and oxygen atoms in total. The van der Waals surface area contributed by atoms with Gasteiger partial charge in [0.2, 0.25) is 5.60 Å². The zero-order valence-corrected chi connectivity index (χ0v) is 17.0. The number of hydrogen-bond acceptors (Lipinski definition) is 4. The van der Waals surface area contributed by atoms with Crippen molar-refractivity contribution in [2.24, 2.45) is 41.4 Å². The molecule has 4 heteroatoms. The first-order valence-electron chi connectivity index (χ1n) is 11.1. The van der Waals surface area contributed by atoms with Crippen LogP contribution in [-0.4, -0.2) is 24.1 Å². The highest BCUT2D eigenvalue weighted by Gasteiger charge is 2.62.